The third-order valence-electron chi connectivity index (χ3n) is 2.76. The van der Waals surface area contributed by atoms with Crippen molar-refractivity contribution in [3.05, 3.63) is 35.9 Å². The summed E-state index contributed by atoms with van der Waals surface area (Å²) in [5.74, 6) is 0. The Morgan fingerprint density at radius 3 is 2.65 bits per heavy atom. The van der Waals surface area contributed by atoms with Crippen LogP contribution in [0.2, 0.25) is 0 Å². The average Bonchev–Trinajstić information content (AvgIpc) is 2.33. The lowest BCUT2D eigenvalue weighted by Gasteiger charge is -2.38. The Balaban J connectivity index is 2.16. The van der Waals surface area contributed by atoms with E-state index >= 15 is 0 Å². The molecule has 1 heterocycles. The second-order valence-electron chi connectivity index (χ2n) is 4.22. The molecule has 2 atom stereocenters. The van der Waals surface area contributed by atoms with Crippen LogP contribution in [0.5, 0.6) is 0 Å². The van der Waals surface area contributed by atoms with Gasteiger partial charge in [0.2, 0.25) is 0 Å². The van der Waals surface area contributed by atoms with Gasteiger partial charge in [-0.15, -0.1) is 0 Å². The second kappa shape index (κ2) is 5.57. The SMILES string of the molecule is CCC[C@H]1OCC(Cl)(Cl)[C@@H](c2ccccc2)O1. The van der Waals surface area contributed by atoms with Crippen molar-refractivity contribution in [3.63, 3.8) is 0 Å². The highest BCUT2D eigenvalue weighted by Crippen LogP contribution is 2.43. The van der Waals surface area contributed by atoms with Crippen LogP contribution in [0, 0.1) is 0 Å². The van der Waals surface area contributed by atoms with Gasteiger partial charge in [-0.1, -0.05) is 66.9 Å². The molecule has 0 radical (unpaired) electrons. The molecule has 1 aromatic carbocycles. The molecule has 0 aromatic heterocycles. The largest absolute Gasteiger partial charge is 0.349 e. The highest BCUT2D eigenvalue weighted by atomic mass is 35.5. The van der Waals surface area contributed by atoms with Crippen molar-refractivity contribution < 1.29 is 9.47 Å². The van der Waals surface area contributed by atoms with Gasteiger partial charge in [0.1, 0.15) is 6.10 Å². The van der Waals surface area contributed by atoms with Crippen molar-refractivity contribution in [2.45, 2.75) is 36.5 Å². The van der Waals surface area contributed by atoms with Gasteiger partial charge in [-0.25, -0.2) is 0 Å². The first-order valence-corrected chi connectivity index (χ1v) is 6.59. The highest BCUT2D eigenvalue weighted by molar-refractivity contribution is 6.49. The first-order chi connectivity index (χ1) is 8.13. The molecular weight excluding hydrogens is 259 g/mol. The van der Waals surface area contributed by atoms with Gasteiger partial charge in [0.05, 0.1) is 6.61 Å². The number of hydrogen-bond acceptors (Lipinski definition) is 2. The summed E-state index contributed by atoms with van der Waals surface area (Å²) in [4.78, 5) is 0. The summed E-state index contributed by atoms with van der Waals surface area (Å²) in [6, 6.07) is 9.80. The summed E-state index contributed by atoms with van der Waals surface area (Å²) in [5.41, 5.74) is 0.988. The third kappa shape index (κ3) is 3.14. The molecule has 1 saturated heterocycles. The van der Waals surface area contributed by atoms with Gasteiger partial charge in [0, 0.05) is 0 Å². The summed E-state index contributed by atoms with van der Waals surface area (Å²) in [5, 5.41) is 0. The van der Waals surface area contributed by atoms with Gasteiger partial charge in [-0.05, 0) is 12.0 Å². The molecule has 0 bridgehead atoms. The minimum Gasteiger partial charge on any atom is -0.349 e. The molecule has 4 heteroatoms. The summed E-state index contributed by atoms with van der Waals surface area (Å²) in [6.07, 6.45) is 1.31. The molecule has 0 N–H and O–H groups in total. The first-order valence-electron chi connectivity index (χ1n) is 5.83. The summed E-state index contributed by atoms with van der Waals surface area (Å²) in [6.45, 7) is 2.38. The van der Waals surface area contributed by atoms with Crippen molar-refractivity contribution in [2.75, 3.05) is 6.61 Å². The maximum atomic E-state index is 6.25. The Labute approximate surface area is 112 Å². The lowest BCUT2D eigenvalue weighted by atomic mass is 10.1. The van der Waals surface area contributed by atoms with Crippen molar-refractivity contribution >= 4 is 23.2 Å². The Kier molecular flexibility index (Phi) is 4.31. The fourth-order valence-electron chi connectivity index (χ4n) is 1.91. The van der Waals surface area contributed by atoms with Crippen LogP contribution in [0.25, 0.3) is 0 Å². The van der Waals surface area contributed by atoms with E-state index in [9.17, 15) is 0 Å². The van der Waals surface area contributed by atoms with E-state index in [2.05, 4.69) is 6.92 Å². The first kappa shape index (κ1) is 13.2. The van der Waals surface area contributed by atoms with E-state index in [-0.39, 0.29) is 12.4 Å². The molecule has 1 aliphatic rings. The molecule has 94 valence electrons. The average molecular weight is 275 g/mol. The molecule has 0 spiro atoms. The van der Waals surface area contributed by atoms with Crippen LogP contribution in [-0.2, 0) is 9.47 Å². The Bertz CT molecular complexity index is 354. The maximum absolute atomic E-state index is 6.25. The molecule has 2 nitrogen and oxygen atoms in total. The summed E-state index contributed by atoms with van der Waals surface area (Å²) >= 11 is 12.5. The maximum Gasteiger partial charge on any atom is 0.171 e. The van der Waals surface area contributed by atoms with Crippen LogP contribution >= 0.6 is 23.2 Å². The fraction of sp³-hybridized carbons (Fsp3) is 0.538. The lowest BCUT2D eigenvalue weighted by molar-refractivity contribution is -0.221. The Hall–Kier alpha value is -0.280. The molecule has 0 aliphatic carbocycles. The zero-order valence-electron chi connectivity index (χ0n) is 9.74. The number of rotatable bonds is 3. The van der Waals surface area contributed by atoms with E-state index in [1.807, 2.05) is 30.3 Å². The predicted octanol–water partition coefficient (Wildman–Crippen LogP) is 4.07. The minimum absolute atomic E-state index is 0.212. The minimum atomic E-state index is -1.02. The van der Waals surface area contributed by atoms with E-state index in [1.165, 1.54) is 0 Å². The van der Waals surface area contributed by atoms with E-state index in [0.717, 1.165) is 18.4 Å². The van der Waals surface area contributed by atoms with Gasteiger partial charge in [0.25, 0.3) is 0 Å². The van der Waals surface area contributed by atoms with Crippen molar-refractivity contribution in [3.8, 4) is 0 Å². The van der Waals surface area contributed by atoms with Crippen LogP contribution in [0.15, 0.2) is 30.3 Å². The Morgan fingerprint density at radius 2 is 2.00 bits per heavy atom. The van der Waals surface area contributed by atoms with Crippen molar-refractivity contribution in [1.29, 1.82) is 0 Å². The second-order valence-corrected chi connectivity index (χ2v) is 5.76. The molecule has 1 aliphatic heterocycles. The molecule has 1 fully saturated rings. The standard InChI is InChI=1S/C13H16Cl2O2/c1-2-6-11-16-9-13(14,15)12(17-11)10-7-4-3-5-8-10/h3-5,7-8,11-12H,2,6,9H2,1H3/t11-,12+/m0/s1. The number of halogens is 2. The number of alkyl halides is 2. The van der Waals surface area contributed by atoms with E-state index in [1.54, 1.807) is 0 Å². The zero-order valence-corrected chi connectivity index (χ0v) is 11.2. The van der Waals surface area contributed by atoms with E-state index in [0.29, 0.717) is 6.61 Å². The van der Waals surface area contributed by atoms with E-state index < -0.39 is 4.33 Å². The fourth-order valence-corrected chi connectivity index (χ4v) is 2.39. The quantitative estimate of drug-likeness (QED) is 0.774. The third-order valence-corrected chi connectivity index (χ3v) is 3.37. The van der Waals surface area contributed by atoms with Crippen LogP contribution in [0.4, 0.5) is 0 Å². The Morgan fingerprint density at radius 1 is 1.29 bits per heavy atom. The van der Waals surface area contributed by atoms with Crippen LogP contribution in [-0.4, -0.2) is 17.2 Å². The predicted molar refractivity (Wildman–Crippen MR) is 69.4 cm³/mol. The molecule has 0 unspecified atom stereocenters. The zero-order chi connectivity index (χ0) is 12.3. The monoisotopic (exact) mass is 274 g/mol. The van der Waals surface area contributed by atoms with Gasteiger partial charge in [0.15, 0.2) is 10.6 Å². The van der Waals surface area contributed by atoms with Gasteiger partial charge < -0.3 is 9.47 Å². The van der Waals surface area contributed by atoms with Crippen molar-refractivity contribution in [1.82, 2.24) is 0 Å². The molecule has 1 aromatic rings. The van der Waals surface area contributed by atoms with E-state index in [4.69, 9.17) is 32.7 Å². The number of ether oxygens (including phenoxy) is 2. The van der Waals surface area contributed by atoms with Gasteiger partial charge in [-0.2, -0.15) is 0 Å². The summed E-state index contributed by atoms with van der Waals surface area (Å²) in [7, 11) is 0. The summed E-state index contributed by atoms with van der Waals surface area (Å²) < 4.78 is 10.3. The molecular formula is C13H16Cl2O2. The van der Waals surface area contributed by atoms with Crippen molar-refractivity contribution in [2.24, 2.45) is 0 Å². The van der Waals surface area contributed by atoms with Gasteiger partial charge >= 0.3 is 0 Å². The normalized spacial score (nSPS) is 27.9. The number of hydrogen-bond donors (Lipinski definition) is 0. The highest BCUT2D eigenvalue weighted by Gasteiger charge is 2.43. The topological polar surface area (TPSA) is 18.5 Å². The van der Waals surface area contributed by atoms with Crippen LogP contribution < -0.4 is 0 Å². The van der Waals surface area contributed by atoms with Crippen LogP contribution in [0.3, 0.4) is 0 Å². The smallest absolute Gasteiger partial charge is 0.171 e. The molecule has 2 rings (SSSR count). The lowest BCUT2D eigenvalue weighted by Crippen LogP contribution is -2.41. The molecule has 17 heavy (non-hydrogen) atoms. The molecule has 0 amide bonds. The van der Waals surface area contributed by atoms with Crippen LogP contribution in [0.1, 0.15) is 31.4 Å². The molecule has 0 saturated carbocycles. The van der Waals surface area contributed by atoms with Gasteiger partial charge in [-0.3, -0.25) is 0 Å². The number of benzene rings is 1.